The first-order valence-corrected chi connectivity index (χ1v) is 12.7. The van der Waals surface area contributed by atoms with Crippen molar-refractivity contribution >= 4 is 23.5 Å². The first kappa shape index (κ1) is 24.6. The van der Waals surface area contributed by atoms with Gasteiger partial charge in [-0.25, -0.2) is 9.18 Å². The minimum atomic E-state index is -1.23. The van der Waals surface area contributed by atoms with E-state index in [9.17, 15) is 18.8 Å². The van der Waals surface area contributed by atoms with Crippen LogP contribution in [0.4, 0.5) is 10.1 Å². The molecule has 2 atom stereocenters. The number of carboxylic acid groups (broad SMARTS) is 1. The molecule has 3 fully saturated rings. The van der Waals surface area contributed by atoms with Crippen LogP contribution in [0.1, 0.15) is 74.6 Å². The summed E-state index contributed by atoms with van der Waals surface area (Å²) in [5.41, 5.74) is 5.57. The summed E-state index contributed by atoms with van der Waals surface area (Å²) < 4.78 is 14.6. The van der Waals surface area contributed by atoms with Gasteiger partial charge in [-0.2, -0.15) is 0 Å². The zero-order valence-corrected chi connectivity index (χ0v) is 19.7. The molecular formula is C26H36FN3O4. The molecule has 1 heterocycles. The first-order valence-electron chi connectivity index (χ1n) is 12.7. The van der Waals surface area contributed by atoms with Gasteiger partial charge in [-0.1, -0.05) is 32.1 Å². The average Bonchev–Trinajstić information content (AvgIpc) is 3.30. The maximum atomic E-state index is 14.6. The number of carbonyl (C=O) groups is 3. The number of aromatic carboxylic acids is 1. The molecular weight excluding hydrogens is 437 g/mol. The molecule has 2 saturated carbocycles. The first-order chi connectivity index (χ1) is 16.4. The predicted molar refractivity (Wildman–Crippen MR) is 127 cm³/mol. The lowest BCUT2D eigenvalue weighted by atomic mass is 9.76. The molecule has 0 unspecified atom stereocenters. The zero-order valence-electron chi connectivity index (χ0n) is 19.7. The second-order valence-electron chi connectivity index (χ2n) is 10.3. The van der Waals surface area contributed by atoms with E-state index in [0.717, 1.165) is 63.9 Å². The summed E-state index contributed by atoms with van der Waals surface area (Å²) in [5, 5.41) is 11.8. The van der Waals surface area contributed by atoms with E-state index in [4.69, 9.17) is 10.8 Å². The summed E-state index contributed by atoms with van der Waals surface area (Å²) in [7, 11) is 0. The third-order valence-electron chi connectivity index (χ3n) is 8.25. The largest absolute Gasteiger partial charge is 0.478 e. The van der Waals surface area contributed by atoms with Crippen LogP contribution >= 0.6 is 0 Å². The number of amides is 2. The van der Waals surface area contributed by atoms with Crippen molar-refractivity contribution in [1.82, 2.24) is 4.90 Å². The fourth-order valence-electron chi connectivity index (χ4n) is 6.29. The molecule has 2 amide bonds. The molecule has 3 aliphatic rings. The lowest BCUT2D eigenvalue weighted by Crippen LogP contribution is -2.49. The van der Waals surface area contributed by atoms with Crippen LogP contribution < -0.4 is 11.1 Å². The number of likely N-dealkylation sites (tertiary alicyclic amines) is 1. The molecule has 186 valence electrons. The number of carbonyl (C=O) groups excluding carboxylic acids is 2. The molecule has 1 saturated heterocycles. The fourth-order valence-corrected chi connectivity index (χ4v) is 6.29. The minimum absolute atomic E-state index is 0.0376. The molecule has 0 radical (unpaired) electrons. The Bertz CT molecular complexity index is 909. The van der Waals surface area contributed by atoms with Gasteiger partial charge in [0.25, 0.3) is 0 Å². The van der Waals surface area contributed by atoms with Crippen LogP contribution in [0.5, 0.6) is 0 Å². The number of rotatable bonds is 6. The van der Waals surface area contributed by atoms with E-state index in [-0.39, 0.29) is 34.9 Å². The Kier molecular flexibility index (Phi) is 7.86. The number of carboxylic acids is 1. The van der Waals surface area contributed by atoms with Gasteiger partial charge >= 0.3 is 5.97 Å². The van der Waals surface area contributed by atoms with Gasteiger partial charge in [0.2, 0.25) is 11.8 Å². The lowest BCUT2D eigenvalue weighted by molar-refractivity contribution is -0.142. The number of halogens is 1. The topological polar surface area (TPSA) is 113 Å². The van der Waals surface area contributed by atoms with Gasteiger partial charge in [0, 0.05) is 12.5 Å². The highest BCUT2D eigenvalue weighted by Gasteiger charge is 2.46. The Morgan fingerprint density at radius 2 is 1.74 bits per heavy atom. The highest BCUT2D eigenvalue weighted by Crippen LogP contribution is 2.41. The SMILES string of the molecule is NC[C@H]1CC[C@H](C(=O)N2CC[C@@H](C3CCCCC3)[C@H]2C(=O)Nc2ccc(C(=O)O)cc2F)CC1. The molecule has 0 bridgehead atoms. The summed E-state index contributed by atoms with van der Waals surface area (Å²) in [6.07, 6.45) is 9.84. The zero-order chi connectivity index (χ0) is 24.2. The van der Waals surface area contributed by atoms with Crippen LogP contribution in [0.3, 0.4) is 0 Å². The van der Waals surface area contributed by atoms with Gasteiger partial charge in [-0.15, -0.1) is 0 Å². The maximum absolute atomic E-state index is 14.6. The molecule has 7 nitrogen and oxygen atoms in total. The van der Waals surface area contributed by atoms with Crippen molar-refractivity contribution < 1.29 is 23.9 Å². The van der Waals surface area contributed by atoms with Crippen molar-refractivity contribution in [1.29, 1.82) is 0 Å². The smallest absolute Gasteiger partial charge is 0.335 e. The maximum Gasteiger partial charge on any atom is 0.335 e. The molecule has 4 rings (SSSR count). The van der Waals surface area contributed by atoms with E-state index in [1.807, 2.05) is 0 Å². The summed E-state index contributed by atoms with van der Waals surface area (Å²) in [6, 6.07) is 2.83. The Labute approximate surface area is 200 Å². The van der Waals surface area contributed by atoms with E-state index in [1.54, 1.807) is 4.90 Å². The normalized spacial score (nSPS) is 28.0. The van der Waals surface area contributed by atoms with Gasteiger partial charge in [-0.3, -0.25) is 9.59 Å². The van der Waals surface area contributed by atoms with Crippen LogP contribution in [0.15, 0.2) is 18.2 Å². The van der Waals surface area contributed by atoms with Crippen molar-refractivity contribution in [3.63, 3.8) is 0 Å². The van der Waals surface area contributed by atoms with Crippen molar-refractivity contribution in [2.24, 2.45) is 29.4 Å². The number of nitrogens with one attached hydrogen (secondary N) is 1. The second kappa shape index (κ2) is 10.8. The van der Waals surface area contributed by atoms with E-state index >= 15 is 0 Å². The highest BCUT2D eigenvalue weighted by atomic mass is 19.1. The summed E-state index contributed by atoms with van der Waals surface area (Å²) in [5.74, 6) is -1.54. The van der Waals surface area contributed by atoms with Gasteiger partial charge in [-0.05, 0) is 74.6 Å². The van der Waals surface area contributed by atoms with Crippen molar-refractivity contribution in [2.75, 3.05) is 18.4 Å². The minimum Gasteiger partial charge on any atom is -0.478 e. The fraction of sp³-hybridized carbons (Fsp3) is 0.654. The van der Waals surface area contributed by atoms with E-state index in [0.29, 0.717) is 24.9 Å². The van der Waals surface area contributed by atoms with Gasteiger partial charge in [0.15, 0.2) is 0 Å². The predicted octanol–water partition coefficient (Wildman–Crippen LogP) is 4.02. The van der Waals surface area contributed by atoms with Gasteiger partial charge in [0.05, 0.1) is 11.3 Å². The van der Waals surface area contributed by atoms with E-state index in [2.05, 4.69) is 5.32 Å². The number of hydrogen-bond acceptors (Lipinski definition) is 4. The van der Waals surface area contributed by atoms with Crippen LogP contribution in [-0.2, 0) is 9.59 Å². The van der Waals surface area contributed by atoms with Crippen molar-refractivity contribution in [3.05, 3.63) is 29.6 Å². The standard InChI is InChI=1S/C26H36FN3O4/c27-21-14-19(26(33)34)10-11-22(21)29-24(31)23-20(17-4-2-1-3-5-17)12-13-30(23)25(32)18-8-6-16(15-28)7-9-18/h10-11,14,16-18,20,23H,1-9,12-13,15,28H2,(H,29,31)(H,33,34)/t16-,18-,20-,23-/m0/s1. The van der Waals surface area contributed by atoms with E-state index < -0.39 is 17.8 Å². The number of nitrogens with zero attached hydrogens (tertiary/aromatic N) is 1. The Morgan fingerprint density at radius 1 is 1.03 bits per heavy atom. The lowest BCUT2D eigenvalue weighted by Gasteiger charge is -2.36. The molecule has 1 aromatic rings. The van der Waals surface area contributed by atoms with Gasteiger partial charge < -0.3 is 21.1 Å². The molecule has 0 spiro atoms. The average molecular weight is 474 g/mol. The van der Waals surface area contributed by atoms with Gasteiger partial charge in [0.1, 0.15) is 11.9 Å². The molecule has 1 aliphatic heterocycles. The Balaban J connectivity index is 1.54. The third-order valence-corrected chi connectivity index (χ3v) is 8.25. The van der Waals surface area contributed by atoms with Crippen LogP contribution in [0, 0.1) is 29.5 Å². The highest BCUT2D eigenvalue weighted by molar-refractivity contribution is 5.98. The Hall–Kier alpha value is -2.48. The molecule has 1 aromatic carbocycles. The summed E-state index contributed by atoms with van der Waals surface area (Å²) in [4.78, 5) is 40.0. The van der Waals surface area contributed by atoms with Crippen LogP contribution in [-0.4, -0.2) is 46.9 Å². The Morgan fingerprint density at radius 3 is 2.35 bits per heavy atom. The third kappa shape index (κ3) is 5.27. The number of benzene rings is 1. The monoisotopic (exact) mass is 473 g/mol. The molecule has 4 N–H and O–H groups in total. The van der Waals surface area contributed by atoms with E-state index in [1.165, 1.54) is 18.6 Å². The summed E-state index contributed by atoms with van der Waals surface area (Å²) >= 11 is 0. The quantitative estimate of drug-likeness (QED) is 0.578. The molecule has 0 aromatic heterocycles. The number of nitrogens with two attached hydrogens (primary N) is 1. The molecule has 34 heavy (non-hydrogen) atoms. The van der Waals surface area contributed by atoms with Crippen LogP contribution in [0.25, 0.3) is 0 Å². The van der Waals surface area contributed by atoms with Crippen molar-refractivity contribution in [2.45, 2.75) is 70.3 Å². The number of hydrogen-bond donors (Lipinski definition) is 3. The number of anilines is 1. The second-order valence-corrected chi connectivity index (χ2v) is 10.3. The molecule has 8 heteroatoms. The molecule has 2 aliphatic carbocycles. The van der Waals surface area contributed by atoms with Crippen LogP contribution in [0.2, 0.25) is 0 Å². The summed E-state index contributed by atoms with van der Waals surface area (Å²) in [6.45, 7) is 1.20. The van der Waals surface area contributed by atoms with Crippen molar-refractivity contribution in [3.8, 4) is 0 Å².